The second-order valence-corrected chi connectivity index (χ2v) is 7.51. The second kappa shape index (κ2) is 9.31. The zero-order valence-electron chi connectivity index (χ0n) is 11.9. The number of halogens is 4. The Morgan fingerprint density at radius 1 is 1.04 bits per heavy atom. The predicted octanol–water partition coefficient (Wildman–Crippen LogP) is 4.62. The van der Waals surface area contributed by atoms with E-state index in [9.17, 15) is 14.7 Å². The van der Waals surface area contributed by atoms with Crippen molar-refractivity contribution in [1.29, 1.82) is 0 Å². The van der Waals surface area contributed by atoms with Crippen molar-refractivity contribution >= 4 is 75.7 Å². The molecule has 0 heterocycles. The van der Waals surface area contributed by atoms with Gasteiger partial charge in [0.15, 0.2) is 0 Å². The van der Waals surface area contributed by atoms with Crippen molar-refractivity contribution in [2.75, 3.05) is 13.2 Å². The van der Waals surface area contributed by atoms with Gasteiger partial charge in [-0.2, -0.15) is 0 Å². The third-order valence-corrected chi connectivity index (χ3v) is 7.23. The Balaban J connectivity index is 3.43. The highest BCUT2D eigenvalue weighted by Gasteiger charge is 2.30. The molecule has 5 nitrogen and oxygen atoms in total. The van der Waals surface area contributed by atoms with Gasteiger partial charge in [-0.25, -0.2) is 9.59 Å². The van der Waals surface area contributed by atoms with Crippen LogP contribution < -0.4 is 0 Å². The number of aliphatic hydroxyl groups is 1. The van der Waals surface area contributed by atoms with Crippen LogP contribution in [0.4, 0.5) is 0 Å². The summed E-state index contributed by atoms with van der Waals surface area (Å²) in [6, 6.07) is 0. The molecule has 0 amide bonds. The molecule has 0 bridgehead atoms. The van der Waals surface area contributed by atoms with Gasteiger partial charge in [0.05, 0.1) is 17.2 Å². The zero-order chi connectivity index (χ0) is 17.7. The molecule has 0 fully saturated rings. The molecule has 0 aliphatic rings. The lowest BCUT2D eigenvalue weighted by Crippen LogP contribution is -2.20. The molecule has 0 aliphatic carbocycles. The normalized spacial score (nSPS) is 11.7. The summed E-state index contributed by atoms with van der Waals surface area (Å²) < 4.78 is 11.8. The van der Waals surface area contributed by atoms with Gasteiger partial charge in [0.25, 0.3) is 0 Å². The fourth-order valence-corrected chi connectivity index (χ4v) is 3.93. The molecule has 0 saturated carbocycles. The molecule has 1 N–H and O–H groups in total. The molecule has 1 atom stereocenters. The molecule has 0 saturated heterocycles. The molecule has 1 rings (SSSR count). The Kier molecular flexibility index (Phi) is 8.43. The van der Waals surface area contributed by atoms with Crippen LogP contribution in [0, 0.1) is 0 Å². The van der Waals surface area contributed by atoms with Gasteiger partial charge in [0, 0.05) is 17.9 Å². The van der Waals surface area contributed by atoms with Crippen molar-refractivity contribution < 1.29 is 24.2 Å². The van der Waals surface area contributed by atoms with Gasteiger partial charge in [-0.1, -0.05) is 12.7 Å². The number of hydrogen-bond acceptors (Lipinski definition) is 5. The molecule has 0 aromatic heterocycles. The summed E-state index contributed by atoms with van der Waals surface area (Å²) in [5, 5.41) is 9.25. The van der Waals surface area contributed by atoms with Crippen LogP contribution in [0.1, 0.15) is 27.6 Å². The number of hydrogen-bond donors (Lipinski definition) is 1. The largest absolute Gasteiger partial charge is 0.459 e. The molecule has 0 aliphatic heterocycles. The number of rotatable bonds is 6. The summed E-state index contributed by atoms with van der Waals surface area (Å²) in [5.74, 6) is -1.48. The Labute approximate surface area is 166 Å². The molecule has 0 spiro atoms. The summed E-state index contributed by atoms with van der Waals surface area (Å²) in [7, 11) is 0. The van der Waals surface area contributed by atoms with Gasteiger partial charge in [-0.15, -0.1) is 0 Å². The first-order chi connectivity index (χ1) is 10.7. The highest BCUT2D eigenvalue weighted by Crippen LogP contribution is 2.42. The average Bonchev–Trinajstić information content (AvgIpc) is 2.51. The van der Waals surface area contributed by atoms with Crippen molar-refractivity contribution in [2.45, 2.75) is 13.0 Å². The van der Waals surface area contributed by atoms with Crippen LogP contribution in [0.2, 0.25) is 0 Å². The highest BCUT2D eigenvalue weighted by atomic mass is 79.9. The summed E-state index contributed by atoms with van der Waals surface area (Å²) in [5.41, 5.74) is -0.00828. The van der Waals surface area contributed by atoms with E-state index in [4.69, 9.17) is 9.47 Å². The topological polar surface area (TPSA) is 72.8 Å². The fourth-order valence-electron chi connectivity index (χ4n) is 1.49. The molecule has 23 heavy (non-hydrogen) atoms. The first-order valence-electron chi connectivity index (χ1n) is 6.21. The first-order valence-corrected chi connectivity index (χ1v) is 9.38. The van der Waals surface area contributed by atoms with E-state index in [1.54, 1.807) is 0 Å². The van der Waals surface area contributed by atoms with Crippen molar-refractivity contribution in [1.82, 2.24) is 0 Å². The summed E-state index contributed by atoms with van der Waals surface area (Å²) in [6.45, 7) is 4.75. The zero-order valence-corrected chi connectivity index (χ0v) is 18.2. The van der Waals surface area contributed by atoms with Gasteiger partial charge >= 0.3 is 11.9 Å². The van der Waals surface area contributed by atoms with E-state index < -0.39 is 18.0 Å². The lowest BCUT2D eigenvalue weighted by atomic mass is 10.1. The second-order valence-electron chi connectivity index (χ2n) is 4.34. The average molecular weight is 580 g/mol. The van der Waals surface area contributed by atoms with Gasteiger partial charge < -0.3 is 14.6 Å². The third kappa shape index (κ3) is 5.12. The summed E-state index contributed by atoms with van der Waals surface area (Å²) in [6.07, 6.45) is 0.594. The summed E-state index contributed by atoms with van der Waals surface area (Å²) >= 11 is 13.2. The van der Waals surface area contributed by atoms with Gasteiger partial charge in [-0.05, 0) is 70.6 Å². The molecule has 126 valence electrons. The van der Waals surface area contributed by atoms with Crippen molar-refractivity contribution in [3.05, 3.63) is 41.7 Å². The van der Waals surface area contributed by atoms with Crippen molar-refractivity contribution in [3.63, 3.8) is 0 Å². The van der Waals surface area contributed by atoms with Gasteiger partial charge in [-0.3, -0.25) is 0 Å². The summed E-state index contributed by atoms with van der Waals surface area (Å²) in [4.78, 5) is 24.6. The van der Waals surface area contributed by atoms with Crippen LogP contribution in [-0.2, 0) is 9.47 Å². The van der Waals surface area contributed by atoms with E-state index in [0.717, 1.165) is 0 Å². The predicted molar refractivity (Wildman–Crippen MR) is 99.7 cm³/mol. The number of benzene rings is 1. The molecule has 1 aromatic rings. The van der Waals surface area contributed by atoms with Crippen LogP contribution in [0.3, 0.4) is 0 Å². The maximum atomic E-state index is 12.3. The van der Waals surface area contributed by atoms with Gasteiger partial charge in [0.2, 0.25) is 0 Å². The highest BCUT2D eigenvalue weighted by molar-refractivity contribution is 9.15. The Bertz CT molecular complexity index is 643. The lowest BCUT2D eigenvalue weighted by Gasteiger charge is -2.16. The number of carbonyl (C=O) groups is 2. The minimum atomic E-state index is -0.823. The van der Waals surface area contributed by atoms with E-state index in [0.29, 0.717) is 17.9 Å². The third-order valence-electron chi connectivity index (χ3n) is 2.46. The smallest absolute Gasteiger partial charge is 0.340 e. The number of ether oxygens (including phenoxy) is 2. The lowest BCUT2D eigenvalue weighted by molar-refractivity contribution is 0.0288. The standard InChI is InChI=1S/C14H12Br4O5/c1-3-4-22-13(20)7-8(14(21)23-5-6(2)19)10(16)12(18)11(17)9(7)15/h3,6,19H,1,4-5H2,2H3. The molecule has 0 radical (unpaired) electrons. The van der Waals surface area contributed by atoms with Gasteiger partial charge in [0.1, 0.15) is 13.2 Å². The van der Waals surface area contributed by atoms with Crippen LogP contribution >= 0.6 is 63.7 Å². The van der Waals surface area contributed by atoms with Crippen LogP contribution in [-0.4, -0.2) is 36.4 Å². The number of aliphatic hydroxyl groups excluding tert-OH is 1. The minimum Gasteiger partial charge on any atom is -0.459 e. The van der Waals surface area contributed by atoms with E-state index in [1.165, 1.54) is 13.0 Å². The van der Waals surface area contributed by atoms with Crippen LogP contribution in [0.5, 0.6) is 0 Å². The van der Waals surface area contributed by atoms with E-state index >= 15 is 0 Å². The number of carbonyl (C=O) groups excluding carboxylic acids is 2. The minimum absolute atomic E-state index is 0.00125. The van der Waals surface area contributed by atoms with E-state index in [2.05, 4.69) is 70.3 Å². The van der Waals surface area contributed by atoms with Crippen LogP contribution in [0.25, 0.3) is 0 Å². The molecular weight excluding hydrogens is 568 g/mol. The number of esters is 2. The molecule has 1 unspecified atom stereocenters. The van der Waals surface area contributed by atoms with E-state index in [-0.39, 0.29) is 24.3 Å². The Morgan fingerprint density at radius 2 is 1.48 bits per heavy atom. The maximum Gasteiger partial charge on any atom is 0.340 e. The SMILES string of the molecule is C=CCOC(=O)c1c(Br)c(Br)c(Br)c(Br)c1C(=O)OCC(C)O. The van der Waals surface area contributed by atoms with Crippen molar-refractivity contribution in [3.8, 4) is 0 Å². The molecular formula is C14H12Br4O5. The Morgan fingerprint density at radius 3 is 1.87 bits per heavy atom. The van der Waals surface area contributed by atoms with E-state index in [1.807, 2.05) is 0 Å². The quantitative estimate of drug-likeness (QED) is 0.231. The van der Waals surface area contributed by atoms with Crippen LogP contribution in [0.15, 0.2) is 30.5 Å². The first kappa shape index (κ1) is 20.8. The molecule has 9 heteroatoms. The van der Waals surface area contributed by atoms with Crippen molar-refractivity contribution in [2.24, 2.45) is 0 Å². The fraction of sp³-hybridized carbons (Fsp3) is 0.286. The monoisotopic (exact) mass is 576 g/mol. The maximum absolute atomic E-state index is 12.3. The Hall–Kier alpha value is -0.220. The molecule has 1 aromatic carbocycles.